The smallest absolute Gasteiger partial charge is 0.332 e. The quantitative estimate of drug-likeness (QED) is 0.307. The van der Waals surface area contributed by atoms with Gasteiger partial charge in [0.1, 0.15) is 18.3 Å². The van der Waals surface area contributed by atoms with Crippen molar-refractivity contribution in [2.45, 2.75) is 39.1 Å². The third-order valence-electron chi connectivity index (χ3n) is 1.07. The van der Waals surface area contributed by atoms with Gasteiger partial charge in [-0.2, -0.15) is 0 Å². The van der Waals surface area contributed by atoms with Crippen molar-refractivity contribution >= 4 is 17.9 Å². The summed E-state index contributed by atoms with van der Waals surface area (Å²) in [6.45, 7) is 3.59. The Morgan fingerprint density at radius 2 is 0.700 bits per heavy atom. The van der Waals surface area contributed by atoms with E-state index < -0.39 is 36.2 Å². The van der Waals surface area contributed by atoms with Crippen LogP contribution in [-0.2, 0) is 40.6 Å². The molecule has 0 aliphatic heterocycles. The van der Waals surface area contributed by atoms with Gasteiger partial charge in [-0.1, -0.05) is 0 Å². The van der Waals surface area contributed by atoms with Gasteiger partial charge in [-0.15, -0.1) is 0 Å². The number of hydrogen-bond donors (Lipinski definition) is 6. The van der Waals surface area contributed by atoms with Gasteiger partial charge in [0.15, 0.2) is 0 Å². The van der Waals surface area contributed by atoms with E-state index in [0.717, 1.165) is 0 Å². The molecule has 0 aliphatic rings. The third kappa shape index (κ3) is 36.0. The first-order chi connectivity index (χ1) is 7.93. The van der Waals surface area contributed by atoms with E-state index in [2.05, 4.69) is 0 Å². The van der Waals surface area contributed by atoms with Crippen molar-refractivity contribution in [2.24, 2.45) is 0 Å². The molecule has 0 rings (SSSR count). The molecule has 0 fully saturated rings. The molecule has 10 nitrogen and oxygen atoms in total. The van der Waals surface area contributed by atoms with Gasteiger partial charge in [0.05, 0.1) is 0 Å². The van der Waals surface area contributed by atoms with Gasteiger partial charge in [-0.25, -0.2) is 14.4 Å². The largest absolute Gasteiger partial charge is 0.479 e. The summed E-state index contributed by atoms with van der Waals surface area (Å²) < 4.78 is 0. The van der Waals surface area contributed by atoms with E-state index >= 15 is 0 Å². The van der Waals surface area contributed by atoms with Crippen LogP contribution in [0.4, 0.5) is 0 Å². The molecule has 0 aliphatic carbocycles. The van der Waals surface area contributed by atoms with Crippen LogP contribution in [-0.4, -0.2) is 72.3 Å². The molecule has 0 bridgehead atoms. The third-order valence-corrected chi connectivity index (χ3v) is 1.07. The van der Waals surface area contributed by atoms with Crippen molar-refractivity contribution < 1.29 is 76.7 Å². The van der Waals surface area contributed by atoms with Crippen LogP contribution in [0.2, 0.25) is 0 Å². The second-order valence-corrected chi connectivity index (χ2v) is 3.04. The maximum Gasteiger partial charge on any atom is 0.332 e. The molecule has 120 valence electrons. The first-order valence-electron chi connectivity index (χ1n) is 4.66. The Labute approximate surface area is 134 Å². The van der Waals surface area contributed by atoms with Crippen LogP contribution in [0.3, 0.4) is 0 Å². The molecule has 0 radical (unpaired) electrons. The molecular formula is C9H20O10Zr. The van der Waals surface area contributed by atoms with Gasteiger partial charge in [-0.05, 0) is 20.8 Å². The van der Waals surface area contributed by atoms with E-state index in [4.69, 9.17) is 30.6 Å². The van der Waals surface area contributed by atoms with Gasteiger partial charge < -0.3 is 36.1 Å². The summed E-state index contributed by atoms with van der Waals surface area (Å²) in [5.74, 6) is -3.56. The molecule has 0 saturated heterocycles. The number of rotatable bonds is 3. The van der Waals surface area contributed by atoms with Gasteiger partial charge in [-0.3, -0.25) is 0 Å². The minimum absolute atomic E-state index is 0. The molecular weight excluding hydrogens is 359 g/mol. The number of aliphatic hydroxyl groups excluding tert-OH is 3. The van der Waals surface area contributed by atoms with Crippen molar-refractivity contribution in [3.8, 4) is 0 Å². The van der Waals surface area contributed by atoms with Crippen LogP contribution in [0.1, 0.15) is 20.8 Å². The Kier molecular flexibility index (Phi) is 28.6. The van der Waals surface area contributed by atoms with Gasteiger partial charge in [0.25, 0.3) is 0 Å². The second kappa shape index (κ2) is 18.1. The van der Waals surface area contributed by atoms with E-state index in [0.29, 0.717) is 0 Å². The van der Waals surface area contributed by atoms with Gasteiger partial charge in [0.2, 0.25) is 0 Å². The summed E-state index contributed by atoms with van der Waals surface area (Å²) in [6, 6.07) is 0. The van der Waals surface area contributed by atoms with Crippen LogP contribution in [0, 0.1) is 0 Å². The molecule has 20 heavy (non-hydrogen) atoms. The van der Waals surface area contributed by atoms with Crippen LogP contribution < -0.4 is 0 Å². The fourth-order valence-corrected chi connectivity index (χ4v) is 0. The average Bonchev–Trinajstić information content (AvgIpc) is 2.18. The van der Waals surface area contributed by atoms with Crippen molar-refractivity contribution in [1.29, 1.82) is 0 Å². The minimum atomic E-state index is -1.23. The number of aliphatic hydroxyl groups is 3. The standard InChI is InChI=1S/3C3H6O3.H2O.Zr/c3*1-2(4)3(5)6;;/h3*2,4H,1H3,(H,5,6);1H2;. The summed E-state index contributed by atoms with van der Waals surface area (Å²) in [7, 11) is 0. The zero-order valence-electron chi connectivity index (χ0n) is 11.1. The van der Waals surface area contributed by atoms with E-state index in [1.54, 1.807) is 0 Å². The average molecular weight is 379 g/mol. The summed E-state index contributed by atoms with van der Waals surface area (Å²) in [5, 5.41) is 47.3. The molecule has 0 saturated carbocycles. The maximum atomic E-state index is 9.45. The summed E-state index contributed by atoms with van der Waals surface area (Å²) >= 11 is 0. The molecule has 11 heteroatoms. The van der Waals surface area contributed by atoms with E-state index in [-0.39, 0.29) is 31.7 Å². The van der Waals surface area contributed by atoms with Crippen molar-refractivity contribution in [3.05, 3.63) is 0 Å². The summed E-state index contributed by atoms with van der Waals surface area (Å²) in [4.78, 5) is 28.3. The molecule has 0 aromatic carbocycles. The topological polar surface area (TPSA) is 204 Å². The number of carboxylic acid groups (broad SMARTS) is 3. The number of carboxylic acids is 3. The van der Waals surface area contributed by atoms with Crippen molar-refractivity contribution in [1.82, 2.24) is 0 Å². The Hall–Kier alpha value is -0.867. The molecule has 0 heterocycles. The fraction of sp³-hybridized carbons (Fsp3) is 0.667. The fourth-order valence-electron chi connectivity index (χ4n) is 0. The Bertz CT molecular complexity index is 221. The van der Waals surface area contributed by atoms with Gasteiger partial charge in [0, 0.05) is 26.2 Å². The van der Waals surface area contributed by atoms with Crippen LogP contribution in [0.5, 0.6) is 0 Å². The zero-order chi connectivity index (χ0) is 15.5. The first kappa shape index (κ1) is 31.5. The zero-order valence-corrected chi connectivity index (χ0v) is 13.6. The molecule has 0 aromatic heterocycles. The summed E-state index contributed by atoms with van der Waals surface area (Å²) in [5.41, 5.74) is 0. The SMILES string of the molecule is CC(O)C(=O)O.CC(O)C(=O)O.CC(O)C(=O)O.O.[Zr]. The maximum absolute atomic E-state index is 9.45. The van der Waals surface area contributed by atoms with Crippen molar-refractivity contribution in [3.63, 3.8) is 0 Å². The second-order valence-electron chi connectivity index (χ2n) is 3.04. The minimum Gasteiger partial charge on any atom is -0.479 e. The molecule has 0 spiro atoms. The van der Waals surface area contributed by atoms with E-state index in [9.17, 15) is 14.4 Å². The molecule has 3 atom stereocenters. The predicted molar refractivity (Wildman–Crippen MR) is 61.6 cm³/mol. The Morgan fingerprint density at radius 1 is 0.650 bits per heavy atom. The molecule has 8 N–H and O–H groups in total. The predicted octanol–water partition coefficient (Wildman–Crippen LogP) is -2.47. The Balaban J connectivity index is -0.0000000536. The van der Waals surface area contributed by atoms with Crippen LogP contribution in [0.25, 0.3) is 0 Å². The number of aliphatic carboxylic acids is 3. The first-order valence-corrected chi connectivity index (χ1v) is 4.66. The van der Waals surface area contributed by atoms with E-state index in [1.165, 1.54) is 20.8 Å². The van der Waals surface area contributed by atoms with Crippen LogP contribution in [0.15, 0.2) is 0 Å². The summed E-state index contributed by atoms with van der Waals surface area (Å²) in [6.07, 6.45) is -3.69. The molecule has 0 aromatic rings. The van der Waals surface area contributed by atoms with Crippen molar-refractivity contribution in [2.75, 3.05) is 0 Å². The normalized spacial score (nSPS) is 12.3. The molecule has 3 unspecified atom stereocenters. The van der Waals surface area contributed by atoms with Gasteiger partial charge >= 0.3 is 17.9 Å². The Morgan fingerprint density at radius 3 is 0.700 bits per heavy atom. The number of hydrogen-bond acceptors (Lipinski definition) is 6. The monoisotopic (exact) mass is 378 g/mol. The van der Waals surface area contributed by atoms with Crippen LogP contribution >= 0.6 is 0 Å². The van der Waals surface area contributed by atoms with E-state index in [1.807, 2.05) is 0 Å². The number of carbonyl (C=O) groups is 3. The molecule has 0 amide bonds.